The molecule has 1 atom stereocenters. The predicted octanol–water partition coefficient (Wildman–Crippen LogP) is 2.84. The maximum Gasteiger partial charge on any atom is 0.316 e. The number of thioether (sulfide) groups is 1. The number of benzene rings is 1. The van der Waals surface area contributed by atoms with Crippen LogP contribution in [-0.2, 0) is 9.53 Å². The summed E-state index contributed by atoms with van der Waals surface area (Å²) >= 11 is 1.25. The third kappa shape index (κ3) is 3.99. The van der Waals surface area contributed by atoms with Gasteiger partial charge >= 0.3 is 5.97 Å². The average Bonchev–Trinajstić information content (AvgIpc) is 2.30. The first kappa shape index (κ1) is 15.0. The molecule has 1 aromatic rings. The van der Waals surface area contributed by atoms with E-state index in [1.807, 2.05) is 0 Å². The molecule has 0 bridgehead atoms. The molecule has 0 fully saturated rings. The second kappa shape index (κ2) is 6.75. The number of carbonyl (C=O) groups excluding carboxylic acids is 1. The molecule has 0 aromatic heterocycles. The van der Waals surface area contributed by atoms with Crippen molar-refractivity contribution in [2.24, 2.45) is 0 Å². The van der Waals surface area contributed by atoms with E-state index in [4.69, 9.17) is 4.74 Å². The lowest BCUT2D eigenvalue weighted by Gasteiger charge is -2.13. The Labute approximate surface area is 110 Å². The number of halogens is 1. The Morgan fingerprint density at radius 2 is 2.22 bits per heavy atom. The summed E-state index contributed by atoms with van der Waals surface area (Å²) in [4.78, 5) is 12.0. The van der Waals surface area contributed by atoms with Gasteiger partial charge in [-0.2, -0.15) is 0 Å². The van der Waals surface area contributed by atoms with Crippen molar-refractivity contribution in [1.29, 1.82) is 0 Å². The van der Waals surface area contributed by atoms with Crippen LogP contribution in [0, 0.1) is 12.7 Å². The Balaban J connectivity index is 2.86. The molecule has 0 saturated heterocycles. The number of esters is 1. The summed E-state index contributed by atoms with van der Waals surface area (Å²) in [6.45, 7) is 5.30. The molecule has 1 aromatic carbocycles. The maximum absolute atomic E-state index is 13.4. The largest absolute Gasteiger partial charge is 0.465 e. The zero-order valence-electron chi connectivity index (χ0n) is 10.7. The third-order valence-corrected chi connectivity index (χ3v) is 3.44. The lowest BCUT2D eigenvalue weighted by Crippen LogP contribution is -2.07. The van der Waals surface area contributed by atoms with E-state index in [0.717, 1.165) is 0 Å². The molecular formula is C13H17FO3S. The molecule has 0 heterocycles. The van der Waals surface area contributed by atoms with Gasteiger partial charge in [0.2, 0.25) is 0 Å². The van der Waals surface area contributed by atoms with Gasteiger partial charge < -0.3 is 9.84 Å². The molecule has 1 rings (SSSR count). The molecule has 18 heavy (non-hydrogen) atoms. The van der Waals surface area contributed by atoms with E-state index in [2.05, 4.69) is 0 Å². The van der Waals surface area contributed by atoms with E-state index >= 15 is 0 Å². The van der Waals surface area contributed by atoms with Gasteiger partial charge in [-0.1, -0.05) is 0 Å². The zero-order chi connectivity index (χ0) is 13.7. The summed E-state index contributed by atoms with van der Waals surface area (Å²) < 4.78 is 18.2. The maximum atomic E-state index is 13.4. The normalized spacial score (nSPS) is 12.3. The molecule has 5 heteroatoms. The Morgan fingerprint density at radius 3 is 2.78 bits per heavy atom. The number of aliphatic hydroxyl groups excluding tert-OH is 1. The molecule has 0 aliphatic heterocycles. The number of hydrogen-bond acceptors (Lipinski definition) is 4. The van der Waals surface area contributed by atoms with Crippen LogP contribution in [-0.4, -0.2) is 23.4 Å². The van der Waals surface area contributed by atoms with Crippen LogP contribution in [0.1, 0.15) is 31.1 Å². The Kier molecular flexibility index (Phi) is 5.62. The second-order valence-corrected chi connectivity index (χ2v) is 4.93. The molecule has 1 N–H and O–H groups in total. The fourth-order valence-electron chi connectivity index (χ4n) is 1.46. The van der Waals surface area contributed by atoms with Crippen LogP contribution in [0.3, 0.4) is 0 Å². The fourth-order valence-corrected chi connectivity index (χ4v) is 2.47. The second-order valence-electron chi connectivity index (χ2n) is 3.91. The highest BCUT2D eigenvalue weighted by Gasteiger charge is 2.13. The lowest BCUT2D eigenvalue weighted by atomic mass is 10.1. The quantitative estimate of drug-likeness (QED) is 0.661. The first-order valence-electron chi connectivity index (χ1n) is 5.72. The van der Waals surface area contributed by atoms with E-state index in [9.17, 15) is 14.3 Å². The van der Waals surface area contributed by atoms with Gasteiger partial charge in [0.25, 0.3) is 0 Å². The van der Waals surface area contributed by atoms with Crippen molar-refractivity contribution in [3.8, 4) is 0 Å². The van der Waals surface area contributed by atoms with Gasteiger partial charge in [-0.15, -0.1) is 11.8 Å². The Morgan fingerprint density at radius 1 is 1.56 bits per heavy atom. The number of ether oxygens (including phenoxy) is 1. The SMILES string of the molecule is CCOC(=O)CSc1cc(C)c(F)cc1[C@@H](C)O. The number of aliphatic hydroxyl groups is 1. The van der Waals surface area contributed by atoms with Gasteiger partial charge in [0, 0.05) is 4.90 Å². The van der Waals surface area contributed by atoms with Crippen LogP contribution in [0.4, 0.5) is 4.39 Å². The molecule has 0 unspecified atom stereocenters. The van der Waals surface area contributed by atoms with Crippen molar-refractivity contribution >= 4 is 17.7 Å². The van der Waals surface area contributed by atoms with Crippen LogP contribution in [0.5, 0.6) is 0 Å². The lowest BCUT2D eigenvalue weighted by molar-refractivity contribution is -0.139. The monoisotopic (exact) mass is 272 g/mol. The molecule has 3 nitrogen and oxygen atoms in total. The molecule has 0 aliphatic carbocycles. The van der Waals surface area contributed by atoms with Crippen molar-refractivity contribution in [2.45, 2.75) is 31.8 Å². The van der Waals surface area contributed by atoms with E-state index in [-0.39, 0.29) is 17.5 Å². The number of rotatable bonds is 5. The smallest absolute Gasteiger partial charge is 0.316 e. The minimum Gasteiger partial charge on any atom is -0.465 e. The summed E-state index contributed by atoms with van der Waals surface area (Å²) in [6, 6.07) is 2.95. The molecular weight excluding hydrogens is 255 g/mol. The van der Waals surface area contributed by atoms with Crippen LogP contribution in [0.15, 0.2) is 17.0 Å². The van der Waals surface area contributed by atoms with Crippen LogP contribution < -0.4 is 0 Å². The average molecular weight is 272 g/mol. The van der Waals surface area contributed by atoms with Gasteiger partial charge in [-0.05, 0) is 44.0 Å². The van der Waals surface area contributed by atoms with Crippen molar-refractivity contribution in [2.75, 3.05) is 12.4 Å². The third-order valence-electron chi connectivity index (χ3n) is 2.39. The van der Waals surface area contributed by atoms with E-state index in [0.29, 0.717) is 22.6 Å². The van der Waals surface area contributed by atoms with Crippen LogP contribution in [0.25, 0.3) is 0 Å². The first-order chi connectivity index (χ1) is 8.45. The van der Waals surface area contributed by atoms with E-state index in [1.54, 1.807) is 26.8 Å². The van der Waals surface area contributed by atoms with Crippen LogP contribution in [0.2, 0.25) is 0 Å². The highest BCUT2D eigenvalue weighted by molar-refractivity contribution is 8.00. The number of aryl methyl sites for hydroxylation is 1. The van der Waals surface area contributed by atoms with Gasteiger partial charge in [0.1, 0.15) is 5.82 Å². The summed E-state index contributed by atoms with van der Waals surface area (Å²) in [5, 5.41) is 9.59. The van der Waals surface area contributed by atoms with Crippen molar-refractivity contribution < 1.29 is 19.0 Å². The van der Waals surface area contributed by atoms with Gasteiger partial charge in [0.05, 0.1) is 18.5 Å². The molecule has 0 amide bonds. The van der Waals surface area contributed by atoms with E-state index in [1.165, 1.54) is 17.8 Å². The summed E-state index contributed by atoms with van der Waals surface area (Å²) in [5.41, 5.74) is 0.984. The Hall–Kier alpha value is -1.07. The standard InChI is InChI=1S/C13H17FO3S/c1-4-17-13(16)7-18-12-5-8(2)11(14)6-10(12)9(3)15/h5-6,9,15H,4,7H2,1-3H3/t9-/m1/s1. The van der Waals surface area contributed by atoms with Crippen LogP contribution >= 0.6 is 11.8 Å². The first-order valence-corrected chi connectivity index (χ1v) is 6.70. The minimum absolute atomic E-state index is 0.151. The Bertz CT molecular complexity index is 432. The van der Waals surface area contributed by atoms with E-state index < -0.39 is 6.10 Å². The molecule has 100 valence electrons. The van der Waals surface area contributed by atoms with Gasteiger partial charge in [0.15, 0.2) is 0 Å². The summed E-state index contributed by atoms with van der Waals surface area (Å²) in [7, 11) is 0. The minimum atomic E-state index is -0.773. The highest BCUT2D eigenvalue weighted by Crippen LogP contribution is 2.30. The van der Waals surface area contributed by atoms with Crippen molar-refractivity contribution in [3.05, 3.63) is 29.1 Å². The van der Waals surface area contributed by atoms with Gasteiger partial charge in [-0.25, -0.2) is 4.39 Å². The highest BCUT2D eigenvalue weighted by atomic mass is 32.2. The molecule has 0 saturated carbocycles. The zero-order valence-corrected chi connectivity index (χ0v) is 11.5. The number of hydrogen-bond donors (Lipinski definition) is 1. The van der Waals surface area contributed by atoms with Gasteiger partial charge in [-0.3, -0.25) is 4.79 Å². The van der Waals surface area contributed by atoms with Crippen molar-refractivity contribution in [3.63, 3.8) is 0 Å². The summed E-state index contributed by atoms with van der Waals surface area (Å²) in [5.74, 6) is -0.522. The molecule has 0 radical (unpaired) electrons. The van der Waals surface area contributed by atoms with Crippen molar-refractivity contribution in [1.82, 2.24) is 0 Å². The number of carbonyl (C=O) groups is 1. The predicted molar refractivity (Wildman–Crippen MR) is 69.1 cm³/mol. The topological polar surface area (TPSA) is 46.5 Å². The molecule has 0 spiro atoms. The fraction of sp³-hybridized carbons (Fsp3) is 0.462. The molecule has 0 aliphatic rings. The summed E-state index contributed by atoms with van der Waals surface area (Å²) in [6.07, 6.45) is -0.773.